The molecule has 1 atom stereocenters. The molecular formula is C8H20N2S. The van der Waals surface area contributed by atoms with Crippen molar-refractivity contribution in [2.45, 2.75) is 26.3 Å². The highest BCUT2D eigenvalue weighted by Gasteiger charge is 1.98. The summed E-state index contributed by atoms with van der Waals surface area (Å²) >= 11 is 1.98. The van der Waals surface area contributed by atoms with Crippen molar-refractivity contribution in [3.8, 4) is 0 Å². The van der Waals surface area contributed by atoms with Crippen molar-refractivity contribution in [1.82, 2.24) is 5.32 Å². The Hall–Kier alpha value is 0.270. The van der Waals surface area contributed by atoms with Crippen LogP contribution in [0, 0.1) is 0 Å². The van der Waals surface area contributed by atoms with Crippen LogP contribution in [-0.4, -0.2) is 30.6 Å². The van der Waals surface area contributed by atoms with E-state index in [4.69, 9.17) is 5.73 Å². The van der Waals surface area contributed by atoms with E-state index in [9.17, 15) is 0 Å². The number of rotatable bonds is 7. The Morgan fingerprint density at radius 2 is 2.27 bits per heavy atom. The van der Waals surface area contributed by atoms with Gasteiger partial charge in [-0.25, -0.2) is 0 Å². The molecule has 0 aliphatic carbocycles. The highest BCUT2D eigenvalue weighted by Crippen LogP contribution is 2.00. The van der Waals surface area contributed by atoms with Gasteiger partial charge in [0, 0.05) is 11.8 Å². The number of nitrogens with two attached hydrogens (primary N) is 1. The van der Waals surface area contributed by atoms with Crippen LogP contribution in [0.4, 0.5) is 0 Å². The molecule has 0 rings (SSSR count). The zero-order chi connectivity index (χ0) is 8.53. The number of thioether (sulfide) groups is 1. The summed E-state index contributed by atoms with van der Waals surface area (Å²) in [6.07, 6.45) is 1.08. The minimum Gasteiger partial charge on any atom is -0.330 e. The van der Waals surface area contributed by atoms with Crippen molar-refractivity contribution >= 4 is 11.8 Å². The van der Waals surface area contributed by atoms with Gasteiger partial charge in [-0.2, -0.15) is 11.8 Å². The van der Waals surface area contributed by atoms with Gasteiger partial charge in [0.15, 0.2) is 0 Å². The van der Waals surface area contributed by atoms with Crippen molar-refractivity contribution in [1.29, 1.82) is 0 Å². The Bertz CT molecular complexity index is 78.5. The van der Waals surface area contributed by atoms with E-state index < -0.39 is 0 Å². The first-order valence-corrected chi connectivity index (χ1v) is 5.48. The number of hydrogen-bond acceptors (Lipinski definition) is 3. The number of hydrogen-bond donors (Lipinski definition) is 2. The van der Waals surface area contributed by atoms with E-state index in [0.717, 1.165) is 19.5 Å². The molecule has 0 aromatic carbocycles. The fraction of sp³-hybridized carbons (Fsp3) is 1.00. The molecule has 0 saturated carbocycles. The summed E-state index contributed by atoms with van der Waals surface area (Å²) in [7, 11) is 0. The van der Waals surface area contributed by atoms with E-state index in [1.165, 1.54) is 11.5 Å². The molecule has 1 unspecified atom stereocenters. The fourth-order valence-corrected chi connectivity index (χ4v) is 1.51. The van der Waals surface area contributed by atoms with Gasteiger partial charge in [0.05, 0.1) is 0 Å². The van der Waals surface area contributed by atoms with Crippen molar-refractivity contribution in [2.75, 3.05) is 24.6 Å². The molecule has 0 aromatic rings. The van der Waals surface area contributed by atoms with Crippen molar-refractivity contribution in [3.63, 3.8) is 0 Å². The zero-order valence-corrected chi connectivity index (χ0v) is 8.41. The average Bonchev–Trinajstić information content (AvgIpc) is 2.01. The van der Waals surface area contributed by atoms with Crippen LogP contribution in [0.15, 0.2) is 0 Å². The average molecular weight is 176 g/mol. The lowest BCUT2D eigenvalue weighted by Crippen LogP contribution is -2.30. The van der Waals surface area contributed by atoms with Gasteiger partial charge in [-0.05, 0) is 32.2 Å². The van der Waals surface area contributed by atoms with Crippen LogP contribution in [0.2, 0.25) is 0 Å². The van der Waals surface area contributed by atoms with Crippen LogP contribution in [0.5, 0.6) is 0 Å². The summed E-state index contributed by atoms with van der Waals surface area (Å²) in [5.41, 5.74) is 5.37. The van der Waals surface area contributed by atoms with Crippen LogP contribution < -0.4 is 11.1 Å². The van der Waals surface area contributed by atoms with Crippen LogP contribution in [-0.2, 0) is 0 Å². The van der Waals surface area contributed by atoms with Crippen LogP contribution in [0.25, 0.3) is 0 Å². The Labute approximate surface area is 74.3 Å². The molecule has 3 N–H and O–H groups in total. The topological polar surface area (TPSA) is 38.0 Å². The van der Waals surface area contributed by atoms with Crippen LogP contribution in [0.3, 0.4) is 0 Å². The summed E-state index contributed by atoms with van der Waals surface area (Å²) in [4.78, 5) is 0. The summed E-state index contributed by atoms with van der Waals surface area (Å²) in [5, 5.41) is 3.42. The van der Waals surface area contributed by atoms with E-state index in [-0.39, 0.29) is 0 Å². The SMILES string of the molecule is CCSCC(C)NCCCN. The third kappa shape index (κ3) is 8.17. The van der Waals surface area contributed by atoms with Gasteiger partial charge in [0.1, 0.15) is 0 Å². The predicted octanol–water partition coefficient (Wildman–Crippen LogP) is 1.07. The van der Waals surface area contributed by atoms with Crippen molar-refractivity contribution in [2.24, 2.45) is 5.73 Å². The zero-order valence-electron chi connectivity index (χ0n) is 7.60. The lowest BCUT2D eigenvalue weighted by atomic mass is 10.3. The van der Waals surface area contributed by atoms with Gasteiger partial charge in [0.2, 0.25) is 0 Å². The molecule has 0 aliphatic rings. The Morgan fingerprint density at radius 1 is 1.55 bits per heavy atom. The first kappa shape index (κ1) is 11.3. The van der Waals surface area contributed by atoms with Gasteiger partial charge in [0.25, 0.3) is 0 Å². The molecule has 0 aliphatic heterocycles. The first-order chi connectivity index (χ1) is 5.31. The maximum atomic E-state index is 5.37. The Kier molecular flexibility index (Phi) is 8.57. The van der Waals surface area contributed by atoms with Gasteiger partial charge < -0.3 is 11.1 Å². The lowest BCUT2D eigenvalue weighted by molar-refractivity contribution is 0.580. The highest BCUT2D eigenvalue weighted by atomic mass is 32.2. The normalized spacial score (nSPS) is 13.4. The molecule has 0 fully saturated rings. The second kappa shape index (κ2) is 8.37. The maximum absolute atomic E-state index is 5.37. The van der Waals surface area contributed by atoms with E-state index in [1.54, 1.807) is 0 Å². The molecule has 0 aromatic heterocycles. The molecule has 2 nitrogen and oxygen atoms in total. The Balaban J connectivity index is 3.02. The van der Waals surface area contributed by atoms with Gasteiger partial charge >= 0.3 is 0 Å². The van der Waals surface area contributed by atoms with Gasteiger partial charge in [-0.3, -0.25) is 0 Å². The molecule has 0 heterocycles. The monoisotopic (exact) mass is 176 g/mol. The maximum Gasteiger partial charge on any atom is 0.0129 e. The molecule has 0 spiro atoms. The van der Waals surface area contributed by atoms with Crippen LogP contribution in [0.1, 0.15) is 20.3 Å². The molecule has 11 heavy (non-hydrogen) atoms. The molecule has 3 heteroatoms. The largest absolute Gasteiger partial charge is 0.330 e. The smallest absolute Gasteiger partial charge is 0.0129 e. The quantitative estimate of drug-likeness (QED) is 0.570. The molecule has 0 bridgehead atoms. The summed E-state index contributed by atoms with van der Waals surface area (Å²) < 4.78 is 0. The second-order valence-electron chi connectivity index (χ2n) is 2.66. The summed E-state index contributed by atoms with van der Waals surface area (Å²) in [6.45, 7) is 6.26. The van der Waals surface area contributed by atoms with Gasteiger partial charge in [-0.1, -0.05) is 6.92 Å². The minimum absolute atomic E-state index is 0.631. The summed E-state index contributed by atoms with van der Waals surface area (Å²) in [6, 6.07) is 0.631. The molecule has 0 amide bonds. The second-order valence-corrected chi connectivity index (χ2v) is 3.98. The van der Waals surface area contributed by atoms with Crippen molar-refractivity contribution in [3.05, 3.63) is 0 Å². The van der Waals surface area contributed by atoms with E-state index >= 15 is 0 Å². The van der Waals surface area contributed by atoms with E-state index in [0.29, 0.717) is 6.04 Å². The van der Waals surface area contributed by atoms with Crippen molar-refractivity contribution < 1.29 is 0 Å². The predicted molar refractivity (Wildman–Crippen MR) is 54.1 cm³/mol. The van der Waals surface area contributed by atoms with Gasteiger partial charge in [-0.15, -0.1) is 0 Å². The van der Waals surface area contributed by atoms with E-state index in [1.807, 2.05) is 11.8 Å². The Morgan fingerprint density at radius 3 is 2.82 bits per heavy atom. The standard InChI is InChI=1S/C8H20N2S/c1-3-11-7-8(2)10-6-4-5-9/h8,10H,3-7,9H2,1-2H3. The lowest BCUT2D eigenvalue weighted by Gasteiger charge is -2.11. The summed E-state index contributed by atoms with van der Waals surface area (Å²) in [5.74, 6) is 2.42. The fourth-order valence-electron chi connectivity index (χ4n) is 0.804. The number of nitrogens with one attached hydrogen (secondary N) is 1. The molecule has 0 radical (unpaired) electrons. The van der Waals surface area contributed by atoms with E-state index in [2.05, 4.69) is 19.2 Å². The molecular weight excluding hydrogens is 156 g/mol. The minimum atomic E-state index is 0.631. The highest BCUT2D eigenvalue weighted by molar-refractivity contribution is 7.99. The van der Waals surface area contributed by atoms with Crippen LogP contribution >= 0.6 is 11.8 Å². The first-order valence-electron chi connectivity index (χ1n) is 4.32. The third-order valence-corrected chi connectivity index (χ3v) is 2.59. The third-order valence-electron chi connectivity index (χ3n) is 1.45. The molecule has 68 valence electrons. The molecule has 0 saturated heterocycles.